The Labute approximate surface area is 156 Å². The molecule has 0 spiro atoms. The summed E-state index contributed by atoms with van der Waals surface area (Å²) in [5.41, 5.74) is 0. The van der Waals surface area contributed by atoms with Crippen LogP contribution in [0.4, 0.5) is 0 Å². The van der Waals surface area contributed by atoms with Gasteiger partial charge in [-0.3, -0.25) is 4.79 Å². The molecule has 0 aliphatic carbocycles. The molecule has 0 radical (unpaired) electrons. The second-order valence-electron chi connectivity index (χ2n) is 5.72. The first-order valence-electron chi connectivity index (χ1n) is 7.67. The molecule has 0 bridgehead atoms. The Bertz CT molecular complexity index is 514. The van der Waals surface area contributed by atoms with Crippen LogP contribution < -0.4 is 10.6 Å². The van der Waals surface area contributed by atoms with Gasteiger partial charge in [-0.2, -0.15) is 0 Å². The number of halogens is 1. The first-order valence-corrected chi connectivity index (χ1v) is 7.67. The number of carbonyl (C=O) groups is 1. The van der Waals surface area contributed by atoms with Crippen molar-refractivity contribution >= 4 is 35.8 Å². The van der Waals surface area contributed by atoms with Crippen molar-refractivity contribution in [3.63, 3.8) is 0 Å². The van der Waals surface area contributed by atoms with Crippen LogP contribution >= 0.6 is 24.0 Å². The number of aryl methyl sites for hydroxylation is 1. The fourth-order valence-electron chi connectivity index (χ4n) is 1.72. The SMILES string of the molecule is CCC(C)NC(=NCC(=O)N(C)C)NC(C)c1ccc(C)o1.I. The lowest BCUT2D eigenvalue weighted by Crippen LogP contribution is -2.43. The van der Waals surface area contributed by atoms with Crippen molar-refractivity contribution in [1.29, 1.82) is 0 Å². The molecule has 1 aromatic rings. The van der Waals surface area contributed by atoms with Gasteiger partial charge in [0.1, 0.15) is 18.1 Å². The fraction of sp³-hybridized carbons (Fsp3) is 0.625. The van der Waals surface area contributed by atoms with Gasteiger partial charge in [-0.05, 0) is 39.3 Å². The number of nitrogens with zero attached hydrogens (tertiary/aromatic N) is 2. The largest absolute Gasteiger partial charge is 0.464 e. The highest BCUT2D eigenvalue weighted by Gasteiger charge is 2.13. The molecule has 1 aromatic heterocycles. The zero-order valence-electron chi connectivity index (χ0n) is 14.8. The average Bonchev–Trinajstić information content (AvgIpc) is 2.90. The summed E-state index contributed by atoms with van der Waals surface area (Å²) in [6.45, 7) is 8.20. The number of carbonyl (C=O) groups excluding carboxylic acids is 1. The van der Waals surface area contributed by atoms with Gasteiger partial charge in [-0.25, -0.2) is 4.99 Å². The quantitative estimate of drug-likeness (QED) is 0.409. The van der Waals surface area contributed by atoms with E-state index in [1.165, 1.54) is 4.90 Å². The van der Waals surface area contributed by atoms with E-state index >= 15 is 0 Å². The second-order valence-corrected chi connectivity index (χ2v) is 5.72. The minimum absolute atomic E-state index is 0. The maximum Gasteiger partial charge on any atom is 0.243 e. The molecule has 7 heteroatoms. The highest BCUT2D eigenvalue weighted by Crippen LogP contribution is 2.15. The summed E-state index contributed by atoms with van der Waals surface area (Å²) < 4.78 is 5.62. The van der Waals surface area contributed by atoms with E-state index in [4.69, 9.17) is 4.42 Å². The fourth-order valence-corrected chi connectivity index (χ4v) is 1.72. The predicted octanol–water partition coefficient (Wildman–Crippen LogP) is 2.69. The van der Waals surface area contributed by atoms with E-state index in [2.05, 4.69) is 29.5 Å². The summed E-state index contributed by atoms with van der Waals surface area (Å²) in [5.74, 6) is 2.30. The van der Waals surface area contributed by atoms with E-state index < -0.39 is 0 Å². The van der Waals surface area contributed by atoms with Crippen LogP contribution in [0.5, 0.6) is 0 Å². The van der Waals surface area contributed by atoms with Gasteiger partial charge in [-0.15, -0.1) is 24.0 Å². The van der Waals surface area contributed by atoms with Crippen LogP contribution in [-0.4, -0.2) is 43.4 Å². The highest BCUT2D eigenvalue weighted by atomic mass is 127. The number of furan rings is 1. The van der Waals surface area contributed by atoms with Gasteiger partial charge in [0.2, 0.25) is 5.91 Å². The van der Waals surface area contributed by atoms with E-state index in [1.807, 2.05) is 26.0 Å². The standard InChI is InChI=1S/C16H28N4O2.HI/c1-7-11(2)18-16(17-10-15(21)20(5)6)19-13(4)14-9-8-12(3)22-14;/h8-9,11,13H,7,10H2,1-6H3,(H2,17,18,19);1H. The lowest BCUT2D eigenvalue weighted by molar-refractivity contribution is -0.127. The monoisotopic (exact) mass is 436 g/mol. The van der Waals surface area contributed by atoms with Gasteiger partial charge in [0.25, 0.3) is 0 Å². The normalized spacial score (nSPS) is 13.7. The van der Waals surface area contributed by atoms with Crippen molar-refractivity contribution in [2.75, 3.05) is 20.6 Å². The predicted molar refractivity (Wildman–Crippen MR) is 104 cm³/mol. The van der Waals surface area contributed by atoms with Crippen molar-refractivity contribution < 1.29 is 9.21 Å². The molecule has 132 valence electrons. The zero-order chi connectivity index (χ0) is 16.7. The van der Waals surface area contributed by atoms with Crippen molar-refractivity contribution in [2.45, 2.75) is 46.2 Å². The molecule has 1 amide bonds. The van der Waals surface area contributed by atoms with Gasteiger partial charge >= 0.3 is 0 Å². The molecule has 2 unspecified atom stereocenters. The Kier molecular flexibility index (Phi) is 9.94. The topological polar surface area (TPSA) is 69.9 Å². The molecule has 1 rings (SSSR count). The van der Waals surface area contributed by atoms with Crippen LogP contribution in [0.15, 0.2) is 21.5 Å². The number of aliphatic imine (C=N–C) groups is 1. The summed E-state index contributed by atoms with van der Waals surface area (Å²) in [6, 6.07) is 4.12. The van der Waals surface area contributed by atoms with E-state index in [0.29, 0.717) is 5.96 Å². The number of rotatable bonds is 6. The van der Waals surface area contributed by atoms with Gasteiger partial charge in [-0.1, -0.05) is 6.92 Å². The first-order chi connectivity index (χ1) is 10.3. The summed E-state index contributed by atoms with van der Waals surface area (Å²) in [6.07, 6.45) is 0.969. The molecule has 0 saturated heterocycles. The van der Waals surface area contributed by atoms with Crippen LogP contribution in [0.2, 0.25) is 0 Å². The molecule has 2 N–H and O–H groups in total. The molecule has 23 heavy (non-hydrogen) atoms. The molecule has 2 atom stereocenters. The Morgan fingerprint density at radius 1 is 1.30 bits per heavy atom. The minimum atomic E-state index is -0.0354. The van der Waals surface area contributed by atoms with E-state index in [1.54, 1.807) is 14.1 Å². The van der Waals surface area contributed by atoms with Gasteiger partial charge in [0, 0.05) is 20.1 Å². The maximum atomic E-state index is 11.7. The Morgan fingerprint density at radius 2 is 1.96 bits per heavy atom. The number of hydrogen-bond donors (Lipinski definition) is 2. The van der Waals surface area contributed by atoms with Crippen LogP contribution in [0, 0.1) is 6.92 Å². The molecule has 0 saturated carbocycles. The van der Waals surface area contributed by atoms with Crippen molar-refractivity contribution in [3.8, 4) is 0 Å². The summed E-state index contributed by atoms with van der Waals surface area (Å²) in [4.78, 5) is 17.6. The van der Waals surface area contributed by atoms with E-state index in [0.717, 1.165) is 17.9 Å². The molecule has 0 fully saturated rings. The van der Waals surface area contributed by atoms with Crippen LogP contribution in [0.25, 0.3) is 0 Å². The van der Waals surface area contributed by atoms with E-state index in [-0.39, 0.29) is 48.5 Å². The van der Waals surface area contributed by atoms with Gasteiger partial charge in [0.05, 0.1) is 6.04 Å². The van der Waals surface area contributed by atoms with Crippen molar-refractivity contribution in [2.24, 2.45) is 4.99 Å². The number of amides is 1. The van der Waals surface area contributed by atoms with Gasteiger partial charge in [0.15, 0.2) is 5.96 Å². The van der Waals surface area contributed by atoms with Crippen LogP contribution in [-0.2, 0) is 4.79 Å². The molecular weight excluding hydrogens is 407 g/mol. The molecule has 0 aromatic carbocycles. The highest BCUT2D eigenvalue weighted by molar-refractivity contribution is 14.0. The van der Waals surface area contributed by atoms with Gasteiger partial charge < -0.3 is 20.0 Å². The van der Waals surface area contributed by atoms with Crippen molar-refractivity contribution in [3.05, 3.63) is 23.7 Å². The number of hydrogen-bond acceptors (Lipinski definition) is 3. The minimum Gasteiger partial charge on any atom is -0.464 e. The third-order valence-electron chi connectivity index (χ3n) is 3.41. The number of likely N-dealkylation sites (N-methyl/N-ethyl adjacent to an activating group) is 1. The Hall–Kier alpha value is -1.25. The Morgan fingerprint density at radius 3 is 2.43 bits per heavy atom. The molecule has 0 aliphatic rings. The lowest BCUT2D eigenvalue weighted by Gasteiger charge is -2.20. The van der Waals surface area contributed by atoms with Crippen LogP contribution in [0.3, 0.4) is 0 Å². The summed E-state index contributed by atoms with van der Waals surface area (Å²) in [7, 11) is 3.45. The maximum absolute atomic E-state index is 11.7. The molecule has 1 heterocycles. The summed E-state index contributed by atoms with van der Waals surface area (Å²) >= 11 is 0. The van der Waals surface area contributed by atoms with Crippen LogP contribution in [0.1, 0.15) is 44.8 Å². The molecule has 6 nitrogen and oxygen atoms in total. The second kappa shape index (κ2) is 10.5. The number of nitrogens with one attached hydrogen (secondary N) is 2. The molecule has 0 aliphatic heterocycles. The zero-order valence-corrected chi connectivity index (χ0v) is 17.2. The third-order valence-corrected chi connectivity index (χ3v) is 3.41. The first kappa shape index (κ1) is 21.8. The number of guanidine groups is 1. The molecular formula is C16H29IN4O2. The van der Waals surface area contributed by atoms with E-state index in [9.17, 15) is 4.79 Å². The lowest BCUT2D eigenvalue weighted by atomic mass is 10.2. The average molecular weight is 436 g/mol. The van der Waals surface area contributed by atoms with Crippen molar-refractivity contribution in [1.82, 2.24) is 15.5 Å². The summed E-state index contributed by atoms with van der Waals surface area (Å²) in [5, 5.41) is 6.58. The Balaban J connectivity index is 0.00000484. The third kappa shape index (κ3) is 7.71. The smallest absolute Gasteiger partial charge is 0.243 e.